The number of methoxy groups -OCH3 is 2. The summed E-state index contributed by atoms with van der Waals surface area (Å²) in [5, 5.41) is 12.5. The second kappa shape index (κ2) is 12.9. The van der Waals surface area contributed by atoms with E-state index >= 15 is 0 Å². The second-order valence-corrected chi connectivity index (χ2v) is 14.6. The molecule has 6 rings (SSSR count). The van der Waals surface area contributed by atoms with E-state index in [1.165, 1.54) is 0 Å². The number of aryl methyl sites for hydroxylation is 1. The first-order valence-electron chi connectivity index (χ1n) is 14.7. The van der Waals surface area contributed by atoms with Gasteiger partial charge in [0.05, 0.1) is 40.1 Å². The van der Waals surface area contributed by atoms with Crippen LogP contribution in [-0.2, 0) is 11.8 Å². The molecular formula is C32H37BrN9O2P. The minimum atomic E-state index is -0.489. The van der Waals surface area contributed by atoms with Crippen molar-refractivity contribution in [3.63, 3.8) is 0 Å². The van der Waals surface area contributed by atoms with Crippen LogP contribution in [-0.4, -0.2) is 76.0 Å². The number of hydrogen-bond acceptors (Lipinski definition) is 10. The lowest BCUT2D eigenvalue weighted by Gasteiger charge is -2.40. The number of ether oxygens (including phenoxy) is 2. The van der Waals surface area contributed by atoms with E-state index in [1.54, 1.807) is 32.8 Å². The van der Waals surface area contributed by atoms with Crippen molar-refractivity contribution < 1.29 is 9.47 Å². The summed E-state index contributed by atoms with van der Waals surface area (Å²) in [5.74, 6) is 1.75. The number of halogens is 1. The van der Waals surface area contributed by atoms with Gasteiger partial charge in [0.1, 0.15) is 11.6 Å². The molecule has 4 heterocycles. The van der Waals surface area contributed by atoms with Crippen LogP contribution in [0.1, 0.15) is 19.8 Å². The number of piperidine rings is 1. The van der Waals surface area contributed by atoms with Crippen molar-refractivity contribution in [2.45, 2.75) is 25.4 Å². The van der Waals surface area contributed by atoms with Crippen LogP contribution in [0.15, 0.2) is 59.7 Å². The minimum Gasteiger partial charge on any atom is -0.494 e. The van der Waals surface area contributed by atoms with Crippen molar-refractivity contribution in [2.24, 2.45) is 7.05 Å². The van der Waals surface area contributed by atoms with Gasteiger partial charge in [-0.1, -0.05) is 7.92 Å². The summed E-state index contributed by atoms with van der Waals surface area (Å²) in [5.41, 5.74) is 6.49. The number of rotatable bonds is 9. The average molecular weight is 691 g/mol. The maximum absolute atomic E-state index is 5.91. The van der Waals surface area contributed by atoms with Crippen LogP contribution >= 0.6 is 23.9 Å². The lowest BCUT2D eigenvalue weighted by atomic mass is 9.92. The smallest absolute Gasteiger partial charge is 0.229 e. The zero-order valence-corrected chi connectivity index (χ0v) is 28.8. The molecule has 2 N–H and O–H groups in total. The predicted octanol–water partition coefficient (Wildman–Crippen LogP) is 6.45. The second-order valence-electron chi connectivity index (χ2n) is 11.5. The lowest BCUT2D eigenvalue weighted by Crippen LogP contribution is -2.43. The van der Waals surface area contributed by atoms with E-state index in [-0.39, 0.29) is 5.60 Å². The van der Waals surface area contributed by atoms with E-state index in [4.69, 9.17) is 14.5 Å². The zero-order chi connectivity index (χ0) is 31.7. The van der Waals surface area contributed by atoms with Gasteiger partial charge >= 0.3 is 0 Å². The fraction of sp³-hybridized carbons (Fsp3) is 0.344. The number of anilines is 5. The van der Waals surface area contributed by atoms with Crippen LogP contribution in [0, 0.1) is 0 Å². The normalized spacial score (nSPS) is 14.6. The molecular weight excluding hydrogens is 653 g/mol. The molecule has 2 aromatic carbocycles. The standard InChI is InChI=1S/C32H37BrN9O2P/c1-32(44-4)9-13-42(14-10-32)26-16-27(43-3)25(15-21(26)20-17-37-41(2)19-20)39-31-36-18-22(33)30(40-31)38-24-8-7-23-28(29(24)45(5)6)35-12-11-34-23/h7-8,11-12,15-19H,9-10,13-14H2,1-6H3,(H2,36,38,39,40). The molecule has 0 saturated carbocycles. The van der Waals surface area contributed by atoms with Crippen molar-refractivity contribution in [1.82, 2.24) is 29.7 Å². The highest BCUT2D eigenvalue weighted by Gasteiger charge is 2.31. The maximum atomic E-state index is 5.91. The molecule has 0 aliphatic carbocycles. The Morgan fingerprint density at radius 3 is 2.44 bits per heavy atom. The van der Waals surface area contributed by atoms with Gasteiger partial charge in [-0.05, 0) is 67.2 Å². The molecule has 45 heavy (non-hydrogen) atoms. The third-order valence-electron chi connectivity index (χ3n) is 8.29. The Hall–Kier alpha value is -3.86. The zero-order valence-electron chi connectivity index (χ0n) is 26.3. The van der Waals surface area contributed by atoms with Crippen LogP contribution in [0.25, 0.3) is 22.2 Å². The van der Waals surface area contributed by atoms with Crippen molar-refractivity contribution in [2.75, 3.05) is 56.2 Å². The Balaban J connectivity index is 1.35. The highest BCUT2D eigenvalue weighted by molar-refractivity contribution is 9.10. The van der Waals surface area contributed by atoms with E-state index < -0.39 is 7.92 Å². The van der Waals surface area contributed by atoms with Gasteiger partial charge in [-0.15, -0.1) is 0 Å². The van der Waals surface area contributed by atoms with Gasteiger partial charge in [0.15, 0.2) is 0 Å². The van der Waals surface area contributed by atoms with Crippen LogP contribution < -0.4 is 25.6 Å². The third-order valence-corrected chi connectivity index (χ3v) is 10.2. The minimum absolute atomic E-state index is 0.113. The molecule has 5 aromatic rings. The lowest BCUT2D eigenvalue weighted by molar-refractivity contribution is -0.0132. The summed E-state index contributed by atoms with van der Waals surface area (Å²) in [4.78, 5) is 21.0. The van der Waals surface area contributed by atoms with E-state index in [2.05, 4.69) is 83.9 Å². The predicted molar refractivity (Wildman–Crippen MR) is 186 cm³/mol. The summed E-state index contributed by atoms with van der Waals surface area (Å²) in [6, 6.07) is 8.19. The maximum Gasteiger partial charge on any atom is 0.229 e. The Kier molecular flexibility index (Phi) is 8.90. The first-order chi connectivity index (χ1) is 21.7. The topological polar surface area (TPSA) is 115 Å². The van der Waals surface area contributed by atoms with Crippen molar-refractivity contribution in [3.8, 4) is 16.9 Å². The number of aromatic nitrogens is 6. The first kappa shape index (κ1) is 31.1. The van der Waals surface area contributed by atoms with Crippen molar-refractivity contribution in [3.05, 3.63) is 59.7 Å². The van der Waals surface area contributed by atoms with E-state index in [0.29, 0.717) is 17.5 Å². The molecule has 3 aromatic heterocycles. The molecule has 0 unspecified atom stereocenters. The van der Waals surface area contributed by atoms with Gasteiger partial charge in [0, 0.05) is 85.9 Å². The highest BCUT2D eigenvalue weighted by atomic mass is 79.9. The molecule has 1 saturated heterocycles. The third kappa shape index (κ3) is 6.45. The summed E-state index contributed by atoms with van der Waals surface area (Å²) in [6.07, 6.45) is 11.0. The SMILES string of the molecule is COc1cc(N2CCC(C)(OC)CC2)c(-c2cnn(C)c2)cc1Nc1ncc(Br)c(Nc2ccc3nccnc3c2P(C)C)n1. The first-order valence-corrected chi connectivity index (χ1v) is 17.7. The Labute approximate surface area is 272 Å². The summed E-state index contributed by atoms with van der Waals surface area (Å²) in [6.45, 7) is 8.35. The van der Waals surface area contributed by atoms with Gasteiger partial charge in [-0.25, -0.2) is 4.98 Å². The van der Waals surface area contributed by atoms with Gasteiger partial charge in [-0.2, -0.15) is 10.1 Å². The quantitative estimate of drug-likeness (QED) is 0.167. The van der Waals surface area contributed by atoms with Gasteiger partial charge < -0.3 is 25.0 Å². The molecule has 0 amide bonds. The molecule has 234 valence electrons. The molecule has 0 bridgehead atoms. The monoisotopic (exact) mass is 689 g/mol. The summed E-state index contributed by atoms with van der Waals surface area (Å²) >= 11 is 3.64. The van der Waals surface area contributed by atoms with Crippen LogP contribution in [0.5, 0.6) is 5.75 Å². The molecule has 0 spiro atoms. The van der Waals surface area contributed by atoms with Crippen LogP contribution in [0.3, 0.4) is 0 Å². The number of nitrogens with zero attached hydrogens (tertiary/aromatic N) is 7. The molecule has 1 fully saturated rings. The molecule has 11 nitrogen and oxygen atoms in total. The fourth-order valence-electron chi connectivity index (χ4n) is 5.65. The van der Waals surface area contributed by atoms with Gasteiger partial charge in [-0.3, -0.25) is 14.6 Å². The van der Waals surface area contributed by atoms with Crippen molar-refractivity contribution >= 4 is 69.0 Å². The molecule has 1 aliphatic rings. The molecule has 1 aliphatic heterocycles. The van der Waals surface area contributed by atoms with Crippen LogP contribution in [0.4, 0.5) is 28.8 Å². The number of hydrogen-bond donors (Lipinski definition) is 2. The van der Waals surface area contributed by atoms with Crippen molar-refractivity contribution in [1.29, 1.82) is 0 Å². The largest absolute Gasteiger partial charge is 0.494 e. The molecule has 0 radical (unpaired) electrons. The highest BCUT2D eigenvalue weighted by Crippen LogP contribution is 2.42. The molecule has 0 atom stereocenters. The van der Waals surface area contributed by atoms with E-state index in [1.807, 2.05) is 36.3 Å². The average Bonchev–Trinajstić information content (AvgIpc) is 3.48. The molecule has 13 heteroatoms. The van der Waals surface area contributed by atoms with E-state index in [0.717, 1.165) is 74.9 Å². The van der Waals surface area contributed by atoms with Gasteiger partial charge in [0.2, 0.25) is 5.95 Å². The fourth-order valence-corrected chi connectivity index (χ4v) is 7.15. The van der Waals surface area contributed by atoms with E-state index in [9.17, 15) is 0 Å². The number of nitrogens with one attached hydrogen (secondary N) is 2. The van der Waals surface area contributed by atoms with Gasteiger partial charge in [0.25, 0.3) is 0 Å². The number of fused-ring (bicyclic) bond motifs is 1. The Morgan fingerprint density at radius 1 is 0.978 bits per heavy atom. The summed E-state index contributed by atoms with van der Waals surface area (Å²) < 4.78 is 14.3. The van der Waals surface area contributed by atoms with Crippen LogP contribution in [0.2, 0.25) is 0 Å². The number of benzene rings is 2. The summed E-state index contributed by atoms with van der Waals surface area (Å²) in [7, 11) is 4.91. The Morgan fingerprint density at radius 2 is 1.76 bits per heavy atom. The Bertz CT molecular complexity index is 1840.